The highest BCUT2D eigenvalue weighted by molar-refractivity contribution is 6.33. The molecule has 0 spiro atoms. The lowest BCUT2D eigenvalue weighted by molar-refractivity contribution is 0.0698. The summed E-state index contributed by atoms with van der Waals surface area (Å²) in [5, 5.41) is 11.9. The van der Waals surface area contributed by atoms with Crippen LogP contribution in [0.3, 0.4) is 0 Å². The summed E-state index contributed by atoms with van der Waals surface area (Å²) >= 11 is 11.5. The lowest BCUT2D eigenvalue weighted by Gasteiger charge is -2.09. The van der Waals surface area contributed by atoms with Gasteiger partial charge in [0, 0.05) is 11.2 Å². The molecule has 0 radical (unpaired) electrons. The fraction of sp³-hybridized carbons (Fsp3) is 0. The minimum atomic E-state index is -1.19. The molecular formula is C13H8Cl2N2O3. The van der Waals surface area contributed by atoms with E-state index in [-0.39, 0.29) is 27.0 Å². The Morgan fingerprint density at radius 1 is 1.15 bits per heavy atom. The summed E-state index contributed by atoms with van der Waals surface area (Å²) in [6, 6.07) is 7.19. The average Bonchev–Trinajstić information content (AvgIpc) is 2.41. The van der Waals surface area contributed by atoms with Crippen molar-refractivity contribution >= 4 is 40.8 Å². The number of carboxylic acids is 1. The van der Waals surface area contributed by atoms with E-state index in [4.69, 9.17) is 28.3 Å². The maximum atomic E-state index is 12.0. The third kappa shape index (κ3) is 3.07. The summed E-state index contributed by atoms with van der Waals surface area (Å²) in [5.74, 6) is -1.74. The van der Waals surface area contributed by atoms with Crippen LogP contribution in [0.1, 0.15) is 20.7 Å². The molecule has 1 heterocycles. The molecule has 0 aliphatic heterocycles. The number of halogens is 2. The van der Waals surface area contributed by atoms with Crippen LogP contribution in [0.2, 0.25) is 10.2 Å². The summed E-state index contributed by atoms with van der Waals surface area (Å²) in [6.07, 6.45) is 1.45. The van der Waals surface area contributed by atoms with Crippen LogP contribution in [-0.4, -0.2) is 22.0 Å². The summed E-state index contributed by atoms with van der Waals surface area (Å²) in [5.41, 5.74) is 0.179. The molecule has 0 saturated carbocycles. The standard InChI is InChI=1S/C13H8Cl2N2O3/c14-7-3-4-10(9(6-7)13(19)20)17-12(18)8-2-1-5-16-11(8)15/h1-6H,(H,17,18)(H,19,20). The molecule has 0 aliphatic rings. The first-order valence-corrected chi connectivity index (χ1v) is 6.19. The first-order chi connectivity index (χ1) is 9.49. The van der Waals surface area contributed by atoms with Gasteiger partial charge >= 0.3 is 5.97 Å². The quantitative estimate of drug-likeness (QED) is 0.852. The number of aromatic carboxylic acids is 1. The number of carboxylic acid groups (broad SMARTS) is 1. The Hall–Kier alpha value is -2.11. The molecule has 0 aliphatic carbocycles. The number of carbonyl (C=O) groups excluding carboxylic acids is 1. The van der Waals surface area contributed by atoms with Crippen molar-refractivity contribution in [3.05, 3.63) is 57.8 Å². The van der Waals surface area contributed by atoms with Gasteiger partial charge in [-0.2, -0.15) is 0 Å². The predicted octanol–water partition coefficient (Wildman–Crippen LogP) is 3.34. The lowest BCUT2D eigenvalue weighted by Crippen LogP contribution is -2.15. The second-order valence-electron chi connectivity index (χ2n) is 3.79. The second-order valence-corrected chi connectivity index (χ2v) is 4.59. The van der Waals surface area contributed by atoms with Gasteiger partial charge in [-0.3, -0.25) is 4.79 Å². The highest BCUT2D eigenvalue weighted by atomic mass is 35.5. The molecule has 1 aromatic heterocycles. The van der Waals surface area contributed by atoms with Crippen molar-refractivity contribution in [2.75, 3.05) is 5.32 Å². The number of benzene rings is 1. The second kappa shape index (κ2) is 5.90. The van der Waals surface area contributed by atoms with E-state index in [0.29, 0.717) is 0 Å². The van der Waals surface area contributed by atoms with Crippen LogP contribution < -0.4 is 5.32 Å². The number of nitrogens with zero attached hydrogens (tertiary/aromatic N) is 1. The van der Waals surface area contributed by atoms with E-state index in [1.807, 2.05) is 0 Å². The smallest absolute Gasteiger partial charge is 0.337 e. The zero-order valence-electron chi connectivity index (χ0n) is 9.93. The van der Waals surface area contributed by atoms with Gasteiger partial charge in [0.05, 0.1) is 16.8 Å². The van der Waals surface area contributed by atoms with Crippen LogP contribution in [0, 0.1) is 0 Å². The molecule has 0 atom stereocenters. The van der Waals surface area contributed by atoms with Crippen molar-refractivity contribution in [1.82, 2.24) is 4.98 Å². The van der Waals surface area contributed by atoms with Gasteiger partial charge < -0.3 is 10.4 Å². The van der Waals surface area contributed by atoms with Gasteiger partial charge in [0.15, 0.2) is 0 Å². The van der Waals surface area contributed by atoms with Crippen LogP contribution in [-0.2, 0) is 0 Å². The topological polar surface area (TPSA) is 79.3 Å². The molecule has 0 fully saturated rings. The zero-order chi connectivity index (χ0) is 14.7. The van der Waals surface area contributed by atoms with Gasteiger partial charge in [0.1, 0.15) is 5.15 Å². The van der Waals surface area contributed by atoms with Crippen molar-refractivity contribution in [3.63, 3.8) is 0 Å². The minimum Gasteiger partial charge on any atom is -0.478 e. The van der Waals surface area contributed by atoms with Gasteiger partial charge in [0.2, 0.25) is 0 Å². The van der Waals surface area contributed by atoms with Gasteiger partial charge in [-0.05, 0) is 30.3 Å². The summed E-state index contributed by atoms with van der Waals surface area (Å²) in [4.78, 5) is 26.9. The number of rotatable bonds is 3. The van der Waals surface area contributed by atoms with Crippen LogP contribution in [0.15, 0.2) is 36.5 Å². The number of hydrogen-bond donors (Lipinski definition) is 2. The van der Waals surface area contributed by atoms with Crippen molar-refractivity contribution in [2.24, 2.45) is 0 Å². The maximum Gasteiger partial charge on any atom is 0.337 e. The van der Waals surface area contributed by atoms with Gasteiger partial charge in [0.25, 0.3) is 5.91 Å². The third-order valence-corrected chi connectivity index (χ3v) is 3.00. The van der Waals surface area contributed by atoms with E-state index in [2.05, 4.69) is 10.3 Å². The molecule has 5 nitrogen and oxygen atoms in total. The van der Waals surface area contributed by atoms with Gasteiger partial charge in [-0.1, -0.05) is 23.2 Å². The fourth-order valence-corrected chi connectivity index (χ4v) is 1.92. The summed E-state index contributed by atoms with van der Waals surface area (Å²) in [7, 11) is 0. The van der Waals surface area contributed by atoms with E-state index in [1.54, 1.807) is 6.07 Å². The molecule has 7 heteroatoms. The molecule has 1 amide bonds. The summed E-state index contributed by atoms with van der Waals surface area (Å²) < 4.78 is 0. The SMILES string of the molecule is O=C(O)c1cc(Cl)ccc1NC(=O)c1cccnc1Cl. The molecule has 1 aromatic carbocycles. The first-order valence-electron chi connectivity index (χ1n) is 5.44. The molecular weight excluding hydrogens is 303 g/mol. The first kappa shape index (κ1) is 14.3. The van der Waals surface area contributed by atoms with E-state index in [1.165, 1.54) is 30.5 Å². The molecule has 0 bridgehead atoms. The van der Waals surface area contributed by atoms with Crippen molar-refractivity contribution in [3.8, 4) is 0 Å². The molecule has 0 saturated heterocycles. The van der Waals surface area contributed by atoms with E-state index in [9.17, 15) is 9.59 Å². The Kier molecular flexibility index (Phi) is 4.22. The van der Waals surface area contributed by atoms with Gasteiger partial charge in [-0.15, -0.1) is 0 Å². The Morgan fingerprint density at radius 2 is 1.90 bits per heavy atom. The van der Waals surface area contributed by atoms with E-state index >= 15 is 0 Å². The number of carbonyl (C=O) groups is 2. The Balaban J connectivity index is 2.33. The number of hydrogen-bond acceptors (Lipinski definition) is 3. The Labute approximate surface area is 124 Å². The third-order valence-electron chi connectivity index (χ3n) is 2.46. The van der Waals surface area contributed by atoms with E-state index < -0.39 is 11.9 Å². The average molecular weight is 311 g/mol. The van der Waals surface area contributed by atoms with Crippen LogP contribution in [0.25, 0.3) is 0 Å². The van der Waals surface area contributed by atoms with Gasteiger partial charge in [-0.25, -0.2) is 9.78 Å². The fourth-order valence-electron chi connectivity index (χ4n) is 1.55. The predicted molar refractivity (Wildman–Crippen MR) is 75.6 cm³/mol. The van der Waals surface area contributed by atoms with E-state index in [0.717, 1.165) is 0 Å². The summed E-state index contributed by atoms with van der Waals surface area (Å²) in [6.45, 7) is 0. The van der Waals surface area contributed by atoms with Crippen LogP contribution >= 0.6 is 23.2 Å². The number of amides is 1. The molecule has 2 rings (SSSR count). The molecule has 2 aromatic rings. The number of pyridine rings is 1. The number of nitrogens with one attached hydrogen (secondary N) is 1. The molecule has 20 heavy (non-hydrogen) atoms. The molecule has 102 valence electrons. The monoisotopic (exact) mass is 310 g/mol. The highest BCUT2D eigenvalue weighted by Gasteiger charge is 2.16. The number of aromatic nitrogens is 1. The Morgan fingerprint density at radius 3 is 2.55 bits per heavy atom. The number of anilines is 1. The molecule has 0 unspecified atom stereocenters. The highest BCUT2D eigenvalue weighted by Crippen LogP contribution is 2.22. The normalized spacial score (nSPS) is 10.1. The lowest BCUT2D eigenvalue weighted by atomic mass is 10.1. The van der Waals surface area contributed by atoms with Crippen molar-refractivity contribution in [2.45, 2.75) is 0 Å². The Bertz CT molecular complexity index is 689. The maximum absolute atomic E-state index is 12.0. The van der Waals surface area contributed by atoms with Crippen molar-refractivity contribution < 1.29 is 14.7 Å². The van der Waals surface area contributed by atoms with Crippen LogP contribution in [0.5, 0.6) is 0 Å². The van der Waals surface area contributed by atoms with Crippen molar-refractivity contribution in [1.29, 1.82) is 0 Å². The zero-order valence-corrected chi connectivity index (χ0v) is 11.4. The van der Waals surface area contributed by atoms with Crippen LogP contribution in [0.4, 0.5) is 5.69 Å². The largest absolute Gasteiger partial charge is 0.478 e. The molecule has 2 N–H and O–H groups in total. The minimum absolute atomic E-state index is 0.0378.